The number of halogens is 1. The second-order valence-electron chi connectivity index (χ2n) is 6.20. The molecule has 0 fully saturated rings. The van der Waals surface area contributed by atoms with Gasteiger partial charge < -0.3 is 10.6 Å². The highest BCUT2D eigenvalue weighted by molar-refractivity contribution is 7.89. The van der Waals surface area contributed by atoms with E-state index in [-0.39, 0.29) is 23.4 Å². The van der Waals surface area contributed by atoms with Crippen molar-refractivity contribution in [3.63, 3.8) is 0 Å². The Balaban J connectivity index is 2.87. The van der Waals surface area contributed by atoms with Crippen molar-refractivity contribution in [2.75, 3.05) is 27.2 Å². The van der Waals surface area contributed by atoms with Crippen LogP contribution >= 0.6 is 0 Å². The number of nitrogens with zero attached hydrogens (tertiary/aromatic N) is 1. The van der Waals surface area contributed by atoms with E-state index >= 15 is 0 Å². The number of nitrogens with one attached hydrogen (secondary N) is 1. The summed E-state index contributed by atoms with van der Waals surface area (Å²) in [6.45, 7) is 5.00. The standard InChI is InChI=1S/C14H24FN3O2S/c1-14(2,10-18(3)4)9-17-21(19,20)13-6-5-11(8-16)7-12(13)15/h5-7,17H,8-10,16H2,1-4H3. The van der Waals surface area contributed by atoms with Crippen LogP contribution in [0.4, 0.5) is 4.39 Å². The summed E-state index contributed by atoms with van der Waals surface area (Å²) in [5.74, 6) is -0.782. The first kappa shape index (κ1) is 18.0. The minimum Gasteiger partial charge on any atom is -0.326 e. The molecule has 0 aliphatic heterocycles. The van der Waals surface area contributed by atoms with Crippen molar-refractivity contribution in [3.8, 4) is 0 Å². The molecule has 120 valence electrons. The molecular weight excluding hydrogens is 293 g/mol. The van der Waals surface area contributed by atoms with Gasteiger partial charge in [-0.3, -0.25) is 0 Å². The summed E-state index contributed by atoms with van der Waals surface area (Å²) in [5.41, 5.74) is 5.70. The van der Waals surface area contributed by atoms with Gasteiger partial charge in [0.15, 0.2) is 0 Å². The average molecular weight is 317 g/mol. The lowest BCUT2D eigenvalue weighted by atomic mass is 9.93. The molecule has 0 amide bonds. The summed E-state index contributed by atoms with van der Waals surface area (Å²) in [4.78, 5) is 1.63. The van der Waals surface area contributed by atoms with Crippen LogP contribution in [-0.2, 0) is 16.6 Å². The summed E-state index contributed by atoms with van der Waals surface area (Å²) in [6, 6.07) is 3.92. The summed E-state index contributed by atoms with van der Waals surface area (Å²) >= 11 is 0. The fourth-order valence-corrected chi connectivity index (χ4v) is 3.47. The number of hydrogen-bond donors (Lipinski definition) is 2. The summed E-state index contributed by atoms with van der Waals surface area (Å²) in [7, 11) is -0.0330. The van der Waals surface area contributed by atoms with Crippen LogP contribution in [0.1, 0.15) is 19.4 Å². The van der Waals surface area contributed by atoms with Crippen LogP contribution in [0.5, 0.6) is 0 Å². The quantitative estimate of drug-likeness (QED) is 0.791. The maximum Gasteiger partial charge on any atom is 0.243 e. The van der Waals surface area contributed by atoms with Gasteiger partial charge in [0, 0.05) is 19.6 Å². The van der Waals surface area contributed by atoms with Crippen molar-refractivity contribution >= 4 is 10.0 Å². The Morgan fingerprint density at radius 2 is 1.95 bits per heavy atom. The van der Waals surface area contributed by atoms with Crippen LogP contribution < -0.4 is 10.5 Å². The van der Waals surface area contributed by atoms with E-state index in [1.54, 1.807) is 0 Å². The molecule has 0 saturated heterocycles. The summed E-state index contributed by atoms with van der Waals surface area (Å²) in [5, 5.41) is 0. The normalized spacial score (nSPS) is 12.9. The molecule has 0 spiro atoms. The predicted octanol–water partition coefficient (Wildman–Crippen LogP) is 1.15. The van der Waals surface area contributed by atoms with Gasteiger partial charge in [0.1, 0.15) is 10.7 Å². The van der Waals surface area contributed by atoms with Gasteiger partial charge >= 0.3 is 0 Å². The Kier molecular flexibility index (Phi) is 5.86. The molecule has 0 aliphatic carbocycles. The molecule has 3 N–H and O–H groups in total. The van der Waals surface area contributed by atoms with Crippen LogP contribution in [0.2, 0.25) is 0 Å². The van der Waals surface area contributed by atoms with Gasteiger partial charge in [-0.25, -0.2) is 17.5 Å². The number of benzene rings is 1. The Bertz CT molecular complexity index is 586. The SMILES string of the molecule is CN(C)CC(C)(C)CNS(=O)(=O)c1ccc(CN)cc1F. The monoisotopic (exact) mass is 317 g/mol. The maximum absolute atomic E-state index is 13.9. The van der Waals surface area contributed by atoms with Gasteiger partial charge in [-0.2, -0.15) is 0 Å². The van der Waals surface area contributed by atoms with E-state index in [9.17, 15) is 12.8 Å². The van der Waals surface area contributed by atoms with Gasteiger partial charge in [0.05, 0.1) is 0 Å². The van der Waals surface area contributed by atoms with Gasteiger partial charge in [0.25, 0.3) is 0 Å². The molecule has 0 bridgehead atoms. The van der Waals surface area contributed by atoms with E-state index in [0.29, 0.717) is 12.1 Å². The number of sulfonamides is 1. The number of hydrogen-bond acceptors (Lipinski definition) is 4. The van der Waals surface area contributed by atoms with Crippen LogP contribution in [0, 0.1) is 11.2 Å². The van der Waals surface area contributed by atoms with E-state index in [1.165, 1.54) is 12.1 Å². The molecule has 21 heavy (non-hydrogen) atoms. The summed E-state index contributed by atoms with van der Waals surface area (Å²) < 4.78 is 40.7. The largest absolute Gasteiger partial charge is 0.326 e. The zero-order valence-electron chi connectivity index (χ0n) is 13.0. The van der Waals surface area contributed by atoms with E-state index in [1.807, 2.05) is 32.8 Å². The van der Waals surface area contributed by atoms with Crippen molar-refractivity contribution in [2.24, 2.45) is 11.1 Å². The van der Waals surface area contributed by atoms with E-state index in [4.69, 9.17) is 5.73 Å². The molecule has 0 saturated carbocycles. The van der Waals surface area contributed by atoms with Gasteiger partial charge in [0.2, 0.25) is 10.0 Å². The minimum absolute atomic E-state index is 0.167. The first-order chi connectivity index (χ1) is 9.57. The Morgan fingerprint density at radius 3 is 2.43 bits per heavy atom. The van der Waals surface area contributed by atoms with Crippen molar-refractivity contribution in [1.29, 1.82) is 0 Å². The van der Waals surface area contributed by atoms with Crippen molar-refractivity contribution < 1.29 is 12.8 Å². The second-order valence-corrected chi connectivity index (χ2v) is 7.93. The van der Waals surface area contributed by atoms with Crippen LogP contribution in [-0.4, -0.2) is 40.5 Å². The third kappa shape index (κ3) is 5.35. The number of nitrogens with two attached hydrogens (primary N) is 1. The summed E-state index contributed by atoms with van der Waals surface area (Å²) in [6.07, 6.45) is 0. The molecule has 0 atom stereocenters. The lowest BCUT2D eigenvalue weighted by molar-refractivity contribution is 0.242. The van der Waals surface area contributed by atoms with Crippen LogP contribution in [0.25, 0.3) is 0 Å². The predicted molar refractivity (Wildman–Crippen MR) is 81.8 cm³/mol. The van der Waals surface area contributed by atoms with E-state index < -0.39 is 15.8 Å². The molecule has 1 rings (SSSR count). The molecule has 1 aromatic carbocycles. The van der Waals surface area contributed by atoms with Crippen LogP contribution in [0.3, 0.4) is 0 Å². The van der Waals surface area contributed by atoms with Crippen molar-refractivity contribution in [2.45, 2.75) is 25.3 Å². The first-order valence-corrected chi connectivity index (χ1v) is 8.18. The molecule has 0 heterocycles. The number of rotatable bonds is 7. The van der Waals surface area contributed by atoms with Crippen LogP contribution in [0.15, 0.2) is 23.1 Å². The highest BCUT2D eigenvalue weighted by Crippen LogP contribution is 2.19. The average Bonchev–Trinajstić information content (AvgIpc) is 2.34. The minimum atomic E-state index is -3.87. The lowest BCUT2D eigenvalue weighted by Crippen LogP contribution is -2.40. The fraction of sp³-hybridized carbons (Fsp3) is 0.571. The van der Waals surface area contributed by atoms with E-state index in [2.05, 4.69) is 4.72 Å². The Labute approximate surface area is 126 Å². The maximum atomic E-state index is 13.9. The zero-order chi connectivity index (χ0) is 16.3. The molecule has 1 aromatic rings. The third-order valence-corrected chi connectivity index (χ3v) is 4.44. The molecule has 7 heteroatoms. The topological polar surface area (TPSA) is 75.4 Å². The molecule has 0 unspecified atom stereocenters. The molecule has 0 radical (unpaired) electrons. The molecule has 5 nitrogen and oxygen atoms in total. The molecule has 0 aliphatic rings. The second kappa shape index (κ2) is 6.83. The highest BCUT2D eigenvalue weighted by Gasteiger charge is 2.25. The fourth-order valence-electron chi connectivity index (χ4n) is 2.17. The Hall–Kier alpha value is -1.02. The molecule has 0 aromatic heterocycles. The highest BCUT2D eigenvalue weighted by atomic mass is 32.2. The van der Waals surface area contributed by atoms with E-state index in [0.717, 1.165) is 6.07 Å². The smallest absolute Gasteiger partial charge is 0.243 e. The molecular formula is C14H24FN3O2S. The van der Waals surface area contributed by atoms with Gasteiger partial charge in [-0.1, -0.05) is 19.9 Å². The first-order valence-electron chi connectivity index (χ1n) is 6.70. The van der Waals surface area contributed by atoms with Gasteiger partial charge in [-0.05, 0) is 37.2 Å². The third-order valence-electron chi connectivity index (χ3n) is 3.01. The van der Waals surface area contributed by atoms with Gasteiger partial charge in [-0.15, -0.1) is 0 Å². The zero-order valence-corrected chi connectivity index (χ0v) is 13.8. The lowest BCUT2D eigenvalue weighted by Gasteiger charge is -2.28. The van der Waals surface area contributed by atoms with Crippen molar-refractivity contribution in [3.05, 3.63) is 29.6 Å². The van der Waals surface area contributed by atoms with Crippen molar-refractivity contribution in [1.82, 2.24) is 9.62 Å². The Morgan fingerprint density at radius 1 is 1.33 bits per heavy atom.